The fraction of sp³-hybridized carbons (Fsp3) is 0.118. The van der Waals surface area contributed by atoms with Gasteiger partial charge in [0.25, 0.3) is 0 Å². The number of hydrogen-bond donors (Lipinski definition) is 2. The summed E-state index contributed by atoms with van der Waals surface area (Å²) in [5.41, 5.74) is 1.34. The van der Waals surface area contributed by atoms with Gasteiger partial charge >= 0.3 is 5.69 Å². The van der Waals surface area contributed by atoms with Gasteiger partial charge in [0, 0.05) is 22.3 Å². The maximum atomic E-state index is 11.2. The fourth-order valence-corrected chi connectivity index (χ4v) is 3.34. The third-order valence-corrected chi connectivity index (χ3v) is 4.84. The first-order valence-corrected chi connectivity index (χ1v) is 9.56. The molecule has 2 heterocycles. The van der Waals surface area contributed by atoms with Crippen molar-refractivity contribution in [3.8, 4) is 22.9 Å². The van der Waals surface area contributed by atoms with Crippen LogP contribution in [-0.4, -0.2) is 31.5 Å². The number of thioether (sulfide) groups is 1. The van der Waals surface area contributed by atoms with E-state index in [9.17, 15) is 15.2 Å². The van der Waals surface area contributed by atoms with Crippen LogP contribution in [0.15, 0.2) is 41.6 Å². The summed E-state index contributed by atoms with van der Waals surface area (Å²) >= 11 is 7.33. The molecule has 0 saturated carbocycles. The van der Waals surface area contributed by atoms with Crippen LogP contribution in [-0.2, 0) is 0 Å². The number of halogens is 1. The van der Waals surface area contributed by atoms with Crippen molar-refractivity contribution in [1.29, 1.82) is 0 Å². The predicted octanol–water partition coefficient (Wildman–Crippen LogP) is 4.03. The molecule has 142 valence electrons. The molecule has 1 aromatic heterocycles. The zero-order valence-corrected chi connectivity index (χ0v) is 15.9. The normalized spacial score (nSPS) is 14.9. The number of aromatic nitrogens is 3. The molecule has 1 atom stereocenters. The Labute approximate surface area is 167 Å². The van der Waals surface area contributed by atoms with Crippen LogP contribution in [0.1, 0.15) is 11.8 Å². The fourth-order valence-electron chi connectivity index (χ4n) is 2.82. The number of nitro groups is 1. The molecule has 0 aliphatic carbocycles. The van der Waals surface area contributed by atoms with Crippen molar-refractivity contribution in [1.82, 2.24) is 15.2 Å². The number of aromatic hydroxyl groups is 1. The van der Waals surface area contributed by atoms with Gasteiger partial charge in [-0.1, -0.05) is 41.6 Å². The lowest BCUT2D eigenvalue weighted by Gasteiger charge is -2.20. The molecule has 1 unspecified atom stereocenters. The molecular weight excluding hydrogens is 406 g/mol. The second-order valence-corrected chi connectivity index (χ2v) is 6.97. The van der Waals surface area contributed by atoms with Crippen molar-refractivity contribution in [3.05, 3.63) is 57.1 Å². The van der Waals surface area contributed by atoms with E-state index in [4.69, 9.17) is 16.3 Å². The molecule has 9 nitrogen and oxygen atoms in total. The van der Waals surface area contributed by atoms with Crippen LogP contribution in [0, 0.1) is 10.1 Å². The predicted molar refractivity (Wildman–Crippen MR) is 104 cm³/mol. The Kier molecular flexibility index (Phi) is 4.65. The van der Waals surface area contributed by atoms with E-state index >= 15 is 0 Å². The van der Waals surface area contributed by atoms with Crippen LogP contribution >= 0.6 is 23.4 Å². The van der Waals surface area contributed by atoms with Crippen LogP contribution in [0.3, 0.4) is 0 Å². The number of benzene rings is 2. The average molecular weight is 418 g/mol. The number of phenolic OH excluding ortho intramolecular Hbond substituents is 1. The molecule has 28 heavy (non-hydrogen) atoms. The lowest BCUT2D eigenvalue weighted by atomic mass is 10.1. The number of ether oxygens (including phenoxy) is 1. The van der Waals surface area contributed by atoms with Crippen molar-refractivity contribution in [3.63, 3.8) is 0 Å². The molecule has 0 bridgehead atoms. The summed E-state index contributed by atoms with van der Waals surface area (Å²) in [5.74, 6) is -0.358. The van der Waals surface area contributed by atoms with Crippen LogP contribution in [0.4, 0.5) is 11.4 Å². The van der Waals surface area contributed by atoms with Crippen molar-refractivity contribution in [2.75, 3.05) is 11.6 Å². The van der Waals surface area contributed by atoms with Crippen molar-refractivity contribution >= 4 is 34.7 Å². The molecule has 11 heteroatoms. The van der Waals surface area contributed by atoms with Gasteiger partial charge in [0.2, 0.25) is 23.0 Å². The standard InChI is InChI=1S/C17H12ClN5O4S/c1-28-17-20-16-13(21-22-17)9-4-2-3-5-11(9)19-15(27-16)10-6-8(18)7-12(14(10)24)23(25)26/h2-7,15,19,24H,1H3. The molecule has 0 radical (unpaired) electrons. The zero-order chi connectivity index (χ0) is 19.8. The van der Waals surface area contributed by atoms with Crippen molar-refractivity contribution in [2.24, 2.45) is 0 Å². The Morgan fingerprint density at radius 1 is 1.32 bits per heavy atom. The first-order valence-electron chi connectivity index (χ1n) is 7.96. The lowest BCUT2D eigenvalue weighted by Crippen LogP contribution is -2.17. The largest absolute Gasteiger partial charge is 0.502 e. The molecule has 4 rings (SSSR count). The van der Waals surface area contributed by atoms with E-state index < -0.39 is 22.6 Å². The number of para-hydroxylation sites is 1. The number of nitrogens with one attached hydrogen (secondary N) is 1. The summed E-state index contributed by atoms with van der Waals surface area (Å²) < 4.78 is 5.96. The number of hydrogen-bond acceptors (Lipinski definition) is 9. The molecule has 0 spiro atoms. The van der Waals surface area contributed by atoms with Crippen LogP contribution in [0.2, 0.25) is 5.02 Å². The quantitative estimate of drug-likeness (QED) is 0.369. The molecule has 0 saturated heterocycles. The number of nitrogens with zero attached hydrogens (tertiary/aromatic N) is 4. The molecule has 2 N–H and O–H groups in total. The summed E-state index contributed by atoms with van der Waals surface area (Å²) in [6, 6.07) is 9.73. The molecule has 3 aromatic rings. The van der Waals surface area contributed by atoms with E-state index in [0.29, 0.717) is 22.1 Å². The molecule has 0 fully saturated rings. The summed E-state index contributed by atoms with van der Waals surface area (Å²) in [7, 11) is 0. The van der Waals surface area contributed by atoms with Gasteiger partial charge in [0.1, 0.15) is 0 Å². The third-order valence-electron chi connectivity index (χ3n) is 4.08. The van der Waals surface area contributed by atoms with Gasteiger partial charge in [-0.05, 0) is 18.4 Å². The highest BCUT2D eigenvalue weighted by Gasteiger charge is 2.30. The Morgan fingerprint density at radius 2 is 2.11 bits per heavy atom. The third kappa shape index (κ3) is 3.16. The minimum Gasteiger partial charge on any atom is -0.502 e. The lowest BCUT2D eigenvalue weighted by molar-refractivity contribution is -0.386. The summed E-state index contributed by atoms with van der Waals surface area (Å²) in [6.45, 7) is 0. The smallest absolute Gasteiger partial charge is 0.312 e. The van der Waals surface area contributed by atoms with E-state index in [-0.39, 0.29) is 16.5 Å². The first kappa shape index (κ1) is 18.3. The highest BCUT2D eigenvalue weighted by Crippen LogP contribution is 2.43. The Morgan fingerprint density at radius 3 is 2.86 bits per heavy atom. The van der Waals surface area contributed by atoms with Gasteiger partial charge in [-0.15, -0.1) is 10.2 Å². The molecule has 2 aromatic carbocycles. The number of rotatable bonds is 3. The zero-order valence-electron chi connectivity index (χ0n) is 14.3. The average Bonchev–Trinajstić information content (AvgIpc) is 2.85. The van der Waals surface area contributed by atoms with Gasteiger partial charge in [0.05, 0.1) is 10.5 Å². The molecule has 1 aliphatic heterocycles. The van der Waals surface area contributed by atoms with Crippen LogP contribution in [0.5, 0.6) is 11.6 Å². The number of anilines is 1. The maximum Gasteiger partial charge on any atom is 0.312 e. The van der Waals surface area contributed by atoms with E-state index in [0.717, 1.165) is 6.07 Å². The van der Waals surface area contributed by atoms with E-state index in [1.807, 2.05) is 18.2 Å². The van der Waals surface area contributed by atoms with Gasteiger partial charge in [-0.2, -0.15) is 4.98 Å². The van der Waals surface area contributed by atoms with Crippen molar-refractivity contribution in [2.45, 2.75) is 11.4 Å². The monoisotopic (exact) mass is 417 g/mol. The second kappa shape index (κ2) is 7.13. The number of nitro benzene ring substituents is 1. The highest BCUT2D eigenvalue weighted by molar-refractivity contribution is 7.98. The Balaban J connectivity index is 1.90. The topological polar surface area (TPSA) is 123 Å². The first-order chi connectivity index (χ1) is 13.5. The highest BCUT2D eigenvalue weighted by atomic mass is 35.5. The molecule has 0 amide bonds. The van der Waals surface area contributed by atoms with Gasteiger partial charge in [-0.25, -0.2) is 0 Å². The molecule has 1 aliphatic rings. The van der Waals surface area contributed by atoms with Gasteiger partial charge in [0.15, 0.2) is 5.69 Å². The summed E-state index contributed by atoms with van der Waals surface area (Å²) in [4.78, 5) is 14.9. The van der Waals surface area contributed by atoms with E-state index in [2.05, 4.69) is 20.5 Å². The number of fused-ring (bicyclic) bond motifs is 3. The SMILES string of the molecule is CSc1nnc2c(n1)OC(c1cc(Cl)cc([N+](=O)[O-])c1O)Nc1ccccc1-2. The molecular formula is C17H12ClN5O4S. The van der Waals surface area contributed by atoms with E-state index in [1.165, 1.54) is 17.8 Å². The van der Waals surface area contributed by atoms with Gasteiger partial charge in [-0.3, -0.25) is 10.1 Å². The maximum absolute atomic E-state index is 11.2. The van der Waals surface area contributed by atoms with Crippen LogP contribution < -0.4 is 10.1 Å². The Bertz CT molecular complexity index is 1100. The van der Waals surface area contributed by atoms with Crippen molar-refractivity contribution < 1.29 is 14.8 Å². The minimum absolute atomic E-state index is 0.0910. The van der Waals surface area contributed by atoms with E-state index in [1.54, 1.807) is 12.3 Å². The number of phenols is 1. The minimum atomic E-state index is -0.994. The van der Waals surface area contributed by atoms with Crippen LogP contribution in [0.25, 0.3) is 11.3 Å². The second-order valence-electron chi connectivity index (χ2n) is 5.76. The Hall–Kier alpha value is -3.11. The van der Waals surface area contributed by atoms with Gasteiger partial charge < -0.3 is 15.2 Å². The summed E-state index contributed by atoms with van der Waals surface area (Å²) in [5, 5.41) is 33.6. The summed E-state index contributed by atoms with van der Waals surface area (Å²) in [6.07, 6.45) is 0.807.